The minimum Gasteiger partial charge on any atom is -0.277 e. The molecule has 0 radical (unpaired) electrons. The summed E-state index contributed by atoms with van der Waals surface area (Å²) >= 11 is 12.2. The average molecular weight is 721 g/mol. The summed E-state index contributed by atoms with van der Waals surface area (Å²) in [6.45, 7) is 1.46. The fourth-order valence-corrected chi connectivity index (χ4v) is 6.82. The normalized spacial score (nSPS) is 13.9. The lowest BCUT2D eigenvalue weighted by molar-refractivity contribution is -0.385. The van der Waals surface area contributed by atoms with Crippen LogP contribution >= 0.6 is 23.2 Å². The Morgan fingerprint density at radius 2 is 1.53 bits per heavy atom. The molecule has 5 aromatic rings. The predicted octanol–water partition coefficient (Wildman–Crippen LogP) is 5.60. The summed E-state index contributed by atoms with van der Waals surface area (Å²) in [5.74, 6) is -0.759. The van der Waals surface area contributed by atoms with Crippen molar-refractivity contribution < 1.29 is 23.1 Å². The predicted molar refractivity (Wildman–Crippen MR) is 182 cm³/mol. The zero-order valence-corrected chi connectivity index (χ0v) is 27.1. The van der Waals surface area contributed by atoms with Crippen LogP contribution in [0.2, 0.25) is 10.0 Å². The molecule has 0 unspecified atom stereocenters. The molecule has 0 saturated heterocycles. The molecule has 6 rings (SSSR count). The van der Waals surface area contributed by atoms with E-state index in [2.05, 4.69) is 14.7 Å². The molecule has 15 nitrogen and oxygen atoms in total. The van der Waals surface area contributed by atoms with E-state index >= 15 is 0 Å². The highest BCUT2D eigenvalue weighted by Crippen LogP contribution is 2.36. The number of benzene rings is 4. The first-order valence-electron chi connectivity index (χ1n) is 13.9. The Morgan fingerprint density at radius 1 is 0.878 bits per heavy atom. The number of carbonyl (C=O) groups excluding carboxylic acids is 1. The van der Waals surface area contributed by atoms with Crippen LogP contribution in [0.1, 0.15) is 17.0 Å². The molecule has 0 spiro atoms. The van der Waals surface area contributed by atoms with Crippen molar-refractivity contribution in [1.82, 2.24) is 9.66 Å². The van der Waals surface area contributed by atoms with Crippen LogP contribution in [0.25, 0.3) is 17.0 Å². The number of aliphatic imine (C=N–C) groups is 1. The third-order valence-corrected chi connectivity index (χ3v) is 9.20. The number of nitrogens with one attached hydrogen (secondary N) is 1. The van der Waals surface area contributed by atoms with Gasteiger partial charge in [-0.2, -0.15) is 9.69 Å². The molecule has 1 N–H and O–H groups in total. The van der Waals surface area contributed by atoms with E-state index in [1.54, 1.807) is 36.4 Å². The summed E-state index contributed by atoms with van der Waals surface area (Å²) in [4.78, 5) is 58.1. The quantitative estimate of drug-likeness (QED) is 0.120. The first-order valence-corrected chi connectivity index (χ1v) is 16.1. The standard InChI is InChI=1S/C31H19Cl2N7O8S/c1-17-34-25-12-11-21(49(47,48)36-28-23(32)14-20(39(43)44)15-24(28)33)16-22(25)30(41)37(17)38-29(18-7-3-2-4-8-18)35-26(31(38)42)13-19-9-5-6-10-27(19)40(45)46/h2-16,36H,1H3. The Hall–Kier alpha value is -5.97. The van der Waals surface area contributed by atoms with E-state index in [-0.39, 0.29) is 55.2 Å². The number of fused-ring (bicyclic) bond motifs is 1. The highest BCUT2D eigenvalue weighted by Gasteiger charge is 2.35. The Kier molecular flexibility index (Phi) is 8.45. The summed E-state index contributed by atoms with van der Waals surface area (Å²) < 4.78 is 30.0. The van der Waals surface area contributed by atoms with Crippen LogP contribution in [0, 0.1) is 27.2 Å². The van der Waals surface area contributed by atoms with Gasteiger partial charge < -0.3 is 0 Å². The molecule has 0 bridgehead atoms. The number of hydrogen-bond donors (Lipinski definition) is 1. The molecule has 2 heterocycles. The highest BCUT2D eigenvalue weighted by molar-refractivity contribution is 7.92. The van der Waals surface area contributed by atoms with E-state index in [9.17, 15) is 38.2 Å². The first-order chi connectivity index (χ1) is 23.3. The second kappa shape index (κ2) is 12.6. The number of non-ortho nitro benzene ring substituents is 1. The molecule has 1 aliphatic heterocycles. The van der Waals surface area contributed by atoms with Crippen LogP contribution < -0.4 is 15.3 Å². The first kappa shape index (κ1) is 33.0. The molecular formula is C31H19Cl2N7O8S. The van der Waals surface area contributed by atoms with Gasteiger partial charge in [0.25, 0.3) is 32.9 Å². The van der Waals surface area contributed by atoms with Gasteiger partial charge in [0.05, 0.1) is 46.9 Å². The van der Waals surface area contributed by atoms with Crippen LogP contribution in [0.15, 0.2) is 105 Å². The number of aryl methyl sites for hydroxylation is 1. The molecule has 4 aromatic carbocycles. The second-order valence-electron chi connectivity index (χ2n) is 10.4. The van der Waals surface area contributed by atoms with Crippen LogP contribution in [-0.4, -0.2) is 39.7 Å². The summed E-state index contributed by atoms with van der Waals surface area (Å²) in [5.41, 5.74) is -1.47. The molecule has 18 heteroatoms. The summed E-state index contributed by atoms with van der Waals surface area (Å²) in [6.07, 6.45) is 1.24. The van der Waals surface area contributed by atoms with E-state index in [4.69, 9.17) is 23.2 Å². The zero-order valence-electron chi connectivity index (χ0n) is 24.8. The van der Waals surface area contributed by atoms with E-state index in [0.717, 1.165) is 27.9 Å². The van der Waals surface area contributed by atoms with Crippen molar-refractivity contribution in [3.05, 3.63) is 148 Å². The fourth-order valence-electron chi connectivity index (χ4n) is 5.02. The SMILES string of the molecule is Cc1nc2ccc(S(=O)(=O)Nc3c(Cl)cc([N+](=O)[O-])cc3Cl)cc2c(=O)n1N1C(=O)C(=Cc2ccccc2[N+](=O)[O-])N=C1c1ccccc1. The van der Waals surface area contributed by atoms with Gasteiger partial charge in [-0.15, -0.1) is 0 Å². The molecular weight excluding hydrogens is 701 g/mol. The number of hydrogen-bond acceptors (Lipinski definition) is 10. The third-order valence-electron chi connectivity index (χ3n) is 7.26. The van der Waals surface area contributed by atoms with E-state index < -0.39 is 41.9 Å². The summed E-state index contributed by atoms with van der Waals surface area (Å²) in [6, 6.07) is 19.5. The monoisotopic (exact) mass is 719 g/mol. The van der Waals surface area contributed by atoms with Gasteiger partial charge in [0.2, 0.25) is 0 Å². The Bertz CT molecular complexity index is 2460. The smallest absolute Gasteiger partial charge is 0.277 e. The molecule has 0 fully saturated rings. The van der Waals surface area contributed by atoms with Gasteiger partial charge in [-0.3, -0.25) is 34.5 Å². The number of nitrogens with zero attached hydrogens (tertiary/aromatic N) is 6. The highest BCUT2D eigenvalue weighted by atomic mass is 35.5. The van der Waals surface area contributed by atoms with Gasteiger partial charge >= 0.3 is 0 Å². The maximum Gasteiger partial charge on any atom is 0.297 e. The Balaban J connectivity index is 1.47. The molecule has 0 saturated carbocycles. The number of anilines is 1. The molecule has 49 heavy (non-hydrogen) atoms. The van der Waals surface area contributed by atoms with Crippen LogP contribution in [0.4, 0.5) is 17.1 Å². The van der Waals surface area contributed by atoms with Crippen LogP contribution in [-0.2, 0) is 14.8 Å². The van der Waals surface area contributed by atoms with Crippen LogP contribution in [0.5, 0.6) is 0 Å². The molecule has 0 atom stereocenters. The molecule has 1 aliphatic rings. The maximum absolute atomic E-state index is 14.2. The lowest BCUT2D eigenvalue weighted by Crippen LogP contribution is -2.49. The average Bonchev–Trinajstić information content (AvgIpc) is 3.37. The van der Waals surface area contributed by atoms with Gasteiger partial charge in [0.15, 0.2) is 5.84 Å². The lowest BCUT2D eigenvalue weighted by atomic mass is 10.1. The zero-order chi connectivity index (χ0) is 35.2. The number of carbonyl (C=O) groups is 1. The number of aromatic nitrogens is 2. The van der Waals surface area contributed by atoms with E-state index in [1.807, 2.05) is 0 Å². The number of amides is 1. The number of nitro groups is 2. The van der Waals surface area contributed by atoms with Gasteiger partial charge in [0, 0.05) is 23.8 Å². The van der Waals surface area contributed by atoms with Gasteiger partial charge in [-0.25, -0.2) is 18.4 Å². The number of nitro benzene ring substituents is 2. The van der Waals surface area contributed by atoms with Crippen molar-refractivity contribution in [2.24, 2.45) is 4.99 Å². The number of rotatable bonds is 8. The minimum absolute atomic E-state index is 0.00896. The van der Waals surface area contributed by atoms with Crippen molar-refractivity contribution in [3.63, 3.8) is 0 Å². The van der Waals surface area contributed by atoms with Gasteiger partial charge in [0.1, 0.15) is 11.5 Å². The summed E-state index contributed by atoms with van der Waals surface area (Å²) in [7, 11) is -4.49. The molecule has 1 aromatic heterocycles. The fraction of sp³-hybridized carbons (Fsp3) is 0.0323. The number of para-hydroxylation sites is 1. The van der Waals surface area contributed by atoms with Gasteiger partial charge in [-0.05, 0) is 37.3 Å². The van der Waals surface area contributed by atoms with Crippen molar-refractivity contribution in [2.75, 3.05) is 9.73 Å². The number of halogens is 2. The molecule has 1 amide bonds. The van der Waals surface area contributed by atoms with Crippen molar-refractivity contribution in [1.29, 1.82) is 0 Å². The lowest BCUT2D eigenvalue weighted by Gasteiger charge is -2.22. The third kappa shape index (κ3) is 6.11. The number of sulfonamides is 1. The molecule has 0 aliphatic carbocycles. The maximum atomic E-state index is 14.2. The van der Waals surface area contributed by atoms with Crippen molar-refractivity contribution in [3.8, 4) is 0 Å². The number of amidine groups is 1. The van der Waals surface area contributed by atoms with Crippen molar-refractivity contribution in [2.45, 2.75) is 11.8 Å². The minimum atomic E-state index is -4.49. The summed E-state index contributed by atoms with van der Waals surface area (Å²) in [5, 5.41) is 22.9. The van der Waals surface area contributed by atoms with Gasteiger partial charge in [-0.1, -0.05) is 65.7 Å². The second-order valence-corrected chi connectivity index (χ2v) is 12.9. The van der Waals surface area contributed by atoms with Crippen LogP contribution in [0.3, 0.4) is 0 Å². The van der Waals surface area contributed by atoms with E-state index in [0.29, 0.717) is 5.56 Å². The largest absolute Gasteiger partial charge is 0.297 e. The Labute approximate surface area is 285 Å². The Morgan fingerprint density at radius 3 is 2.18 bits per heavy atom. The van der Waals surface area contributed by atoms with Crippen molar-refractivity contribution >= 4 is 79.0 Å². The van der Waals surface area contributed by atoms with E-state index in [1.165, 1.54) is 43.3 Å². The molecule has 246 valence electrons. The topological polar surface area (TPSA) is 200 Å².